The molecule has 7 heterocycles. The average molecular weight is 1570 g/mol. The van der Waals surface area contributed by atoms with Gasteiger partial charge in [-0.3, -0.25) is 25.0 Å². The average Bonchev–Trinajstić information content (AvgIpc) is 1.40. The zero-order chi connectivity index (χ0) is 88.9. The molecule has 9 nitrogen and oxygen atoms in total. The number of nitrogens with one attached hydrogen (secondary N) is 1. The van der Waals surface area contributed by atoms with Gasteiger partial charge in [0.2, 0.25) is 17.5 Å². The van der Waals surface area contributed by atoms with E-state index in [0.717, 1.165) is 17.1 Å². The lowest BCUT2D eigenvalue weighted by Crippen LogP contribution is -2.43. The van der Waals surface area contributed by atoms with Crippen molar-refractivity contribution >= 4 is 11.3 Å². The highest BCUT2D eigenvalue weighted by Crippen LogP contribution is 2.41. The number of rotatable bonds is 0. The number of nitrogens with zero attached hydrogens (tertiary/aromatic N) is 6. The molecule has 0 saturated carbocycles. The van der Waals surface area contributed by atoms with Gasteiger partial charge in [-0.1, -0.05) is 369 Å². The van der Waals surface area contributed by atoms with Crippen LogP contribution >= 0.6 is 11.3 Å². The fraction of sp³-hybridized carbons (Fsp3) is 0.621. The van der Waals surface area contributed by atoms with E-state index >= 15 is 0 Å². The molecule has 1 aromatic carbocycles. The number of aromatic amines is 1. The highest BCUT2D eigenvalue weighted by Gasteiger charge is 2.36. The zero-order valence-electron chi connectivity index (χ0n) is 81.6. The number of H-pyrrole nitrogens is 1. The molecule has 8 aromatic rings. The summed E-state index contributed by atoms with van der Waals surface area (Å²) in [6.45, 7) is 106. The summed E-state index contributed by atoms with van der Waals surface area (Å²) >= 11 is 1.88. The minimum atomic E-state index is -0.0569. The van der Waals surface area contributed by atoms with Crippen molar-refractivity contribution in [2.24, 2.45) is 0 Å². The Labute approximate surface area is 698 Å². The van der Waals surface area contributed by atoms with E-state index in [0.29, 0.717) is 0 Å². The van der Waals surface area contributed by atoms with Crippen molar-refractivity contribution in [3.05, 3.63) is 233 Å². The first kappa shape index (κ1) is 104. The summed E-state index contributed by atoms with van der Waals surface area (Å²) in [5.74, 6) is 0. The van der Waals surface area contributed by atoms with Gasteiger partial charge in [0.25, 0.3) is 0 Å². The van der Waals surface area contributed by atoms with Crippen LogP contribution in [0.2, 0.25) is 0 Å². The second-order valence-corrected chi connectivity index (χ2v) is 48.4. The number of benzene rings is 1. The van der Waals surface area contributed by atoms with Gasteiger partial charge >= 0.3 is 0 Å². The van der Waals surface area contributed by atoms with Crippen molar-refractivity contribution in [1.29, 1.82) is 0 Å². The highest BCUT2D eigenvalue weighted by molar-refractivity contribution is 7.10. The van der Waals surface area contributed by atoms with E-state index in [4.69, 9.17) is 0 Å². The molecule has 0 spiro atoms. The monoisotopic (exact) mass is 1570 g/mol. The number of thiophene rings is 1. The Bertz CT molecular complexity index is 3690. The normalized spacial score (nSPS) is 13.0. The fourth-order valence-electron chi connectivity index (χ4n) is 13.2. The smallest absolute Gasteiger partial charge is 0.248 e. The van der Waals surface area contributed by atoms with E-state index < -0.39 is 0 Å². The van der Waals surface area contributed by atoms with Crippen LogP contribution in [0.1, 0.15) is 421 Å². The van der Waals surface area contributed by atoms with Crippen LogP contribution < -0.4 is 10.3 Å². The predicted octanol–water partition coefficient (Wildman–Crippen LogP) is 28.5. The van der Waals surface area contributed by atoms with Crippen LogP contribution in [-0.2, 0) is 86.6 Å². The van der Waals surface area contributed by atoms with Gasteiger partial charge in [0.15, 0.2) is 0 Å². The molecule has 7 aromatic heterocycles. The highest BCUT2D eigenvalue weighted by atomic mass is 32.1. The molecule has 0 fully saturated rings. The van der Waals surface area contributed by atoms with Crippen molar-refractivity contribution in [1.82, 2.24) is 30.1 Å². The molecule has 0 unspecified atom stereocenters. The summed E-state index contributed by atoms with van der Waals surface area (Å²) in [6, 6.07) is 29.1. The molecule has 0 atom stereocenters. The van der Waals surface area contributed by atoms with E-state index in [2.05, 4.69) is 429 Å². The van der Waals surface area contributed by atoms with E-state index in [9.17, 15) is 10.0 Å². The van der Waals surface area contributed by atoms with Crippen molar-refractivity contribution in [3.63, 3.8) is 0 Å². The van der Waals surface area contributed by atoms with Crippen LogP contribution in [0.15, 0.2) is 138 Å². The summed E-state index contributed by atoms with van der Waals surface area (Å²) in [4.78, 5) is 28.8. The fourth-order valence-corrected chi connectivity index (χ4v) is 14.4. The summed E-state index contributed by atoms with van der Waals surface area (Å²) in [7, 11) is 0. The lowest BCUT2D eigenvalue weighted by molar-refractivity contribution is -0.911. The topological polar surface area (TPSA) is 121 Å². The van der Waals surface area contributed by atoms with E-state index in [1.165, 1.54) is 76.5 Å². The maximum absolute atomic E-state index is 11.4. The quantitative estimate of drug-likeness (QED) is 0.115. The van der Waals surface area contributed by atoms with Gasteiger partial charge in [-0.2, -0.15) is 10.2 Å². The largest absolute Gasteiger partial charge is 0.325 e. The van der Waals surface area contributed by atoms with Crippen LogP contribution in [0.3, 0.4) is 0 Å². The summed E-state index contributed by atoms with van der Waals surface area (Å²) in [5.41, 5.74) is 21.7. The molecule has 2 N–H and O–H groups in total. The van der Waals surface area contributed by atoms with Crippen LogP contribution in [0.4, 0.5) is 0 Å². The molecule has 8 rings (SSSR count). The van der Waals surface area contributed by atoms with Gasteiger partial charge in [0.05, 0.1) is 11.1 Å². The summed E-state index contributed by atoms with van der Waals surface area (Å²) in [5, 5.41) is 20.4. The lowest BCUT2D eigenvalue weighted by atomic mass is 9.75. The molecule has 113 heavy (non-hydrogen) atoms. The molecule has 0 aliphatic carbocycles. The molecule has 632 valence electrons. The second-order valence-electron chi connectivity index (χ2n) is 47.5. The molecule has 10 heteroatoms. The lowest BCUT2D eigenvalue weighted by Gasteiger charge is -2.29. The maximum atomic E-state index is 11.4. The Hall–Kier alpha value is -6.65. The maximum Gasteiger partial charge on any atom is 0.248 e. The predicted molar refractivity (Wildman–Crippen MR) is 496 cm³/mol. The van der Waals surface area contributed by atoms with E-state index in [-0.39, 0.29) is 92.2 Å². The SMILES string of the molecule is CC(C)(C)c1ccc(=O)[nH]c1C(C)(C)C.CC(C)(C)c1ccc[n+](O)c1C(C)(C)C.CC(C)(C)c1ccccc1C(C)(C)C.CC(C)(C)c1cccnc1C(C)(C)C.CC(C)(C)c1ccncc1C(C)(C)C.CC(C)(C)c1ccncc1C(C)(C)C.CC(C)(C)c1ccnnc1C(C)(C)C.CC(C)(C)c1ccsc1C(C)(C)C. The first-order valence-corrected chi connectivity index (χ1v) is 42.4. The number of pyridine rings is 5. The number of aromatic nitrogens is 7. The molecule has 0 aliphatic heterocycles. The minimum absolute atomic E-state index is 0.0204. The number of hydrogen-bond acceptors (Lipinski definition) is 8. The van der Waals surface area contributed by atoms with Crippen LogP contribution in [0.25, 0.3) is 0 Å². The van der Waals surface area contributed by atoms with Crippen molar-refractivity contribution < 1.29 is 9.94 Å². The third-order valence-electron chi connectivity index (χ3n) is 19.1. The van der Waals surface area contributed by atoms with Gasteiger partial charge in [0, 0.05) is 92.1 Å². The Balaban J connectivity index is 0.000000646. The Morgan fingerprint density at radius 1 is 0.292 bits per heavy atom. The molecular weight excluding hydrogens is 1400 g/mol. The molecule has 0 aliphatic rings. The molecule has 0 saturated heterocycles. The Morgan fingerprint density at radius 3 is 0.920 bits per heavy atom. The third kappa shape index (κ3) is 34.2. The molecule has 0 amide bonds. The third-order valence-corrected chi connectivity index (χ3v) is 20.4. The first-order valence-electron chi connectivity index (χ1n) is 41.5. The van der Waals surface area contributed by atoms with Crippen molar-refractivity contribution in [3.8, 4) is 0 Å². The van der Waals surface area contributed by atoms with Gasteiger partial charge in [-0.25, -0.2) is 0 Å². The summed E-state index contributed by atoms with van der Waals surface area (Å²) < 4.78 is 1.25. The van der Waals surface area contributed by atoms with Crippen LogP contribution in [0, 0.1) is 0 Å². The first-order chi connectivity index (χ1) is 50.1. The summed E-state index contributed by atoms with van der Waals surface area (Å²) in [6.07, 6.45) is 13.1. The number of hydrogen-bond donors (Lipinski definition) is 2. The van der Waals surface area contributed by atoms with Crippen molar-refractivity contribution in [2.75, 3.05) is 0 Å². The second kappa shape index (κ2) is 38.6. The van der Waals surface area contributed by atoms with Gasteiger partial charge < -0.3 is 4.98 Å². The minimum Gasteiger partial charge on any atom is -0.325 e. The van der Waals surface area contributed by atoms with Crippen LogP contribution in [0.5, 0.6) is 0 Å². The van der Waals surface area contributed by atoms with Crippen LogP contribution in [-0.4, -0.2) is 35.3 Å². The van der Waals surface area contributed by atoms with E-state index in [1.807, 2.05) is 60.5 Å². The Morgan fingerprint density at radius 2 is 0.628 bits per heavy atom. The standard InChI is InChI=1S/C14H22.C13H22NO.C13H21NO.3C13H21N.C12H20N2.C12H20S/c1-13(2,3)11-9-7-8-10-12(11)14(4,5)6;1-12(2,3)10-8-7-9-14(15)11(10)13(4,5)6;1-12(2,3)9-7-8-10(15)14-11(9)13(4,5)6;2*1-12(2,3)10-7-8-14-9-11(10)13(4,5)6;1-12(2,3)10-8-7-9-14-11(10)13(4,5)6;1-11(2,3)9-7-8-13-14-10(9)12(4,5)6;1-11(2,3)9-7-8-13-10(9)12(4,5)6/h7-10H,1-6H3;7-9,15H,1-6H3;7-8H,1-6H3,(H,14,15);3*7-9H,1-6H3;7-8H,1-6H3;7-8H,1-6H3/q;+1;;;;;;. The van der Waals surface area contributed by atoms with Gasteiger partial charge in [0.1, 0.15) is 0 Å². The van der Waals surface area contributed by atoms with Crippen molar-refractivity contribution in [2.45, 2.75) is 419 Å². The Kier molecular flexibility index (Phi) is 35.7. The molecule has 0 radical (unpaired) electrons. The molecular formula is C103H168N7O2S+. The van der Waals surface area contributed by atoms with E-state index in [1.54, 1.807) is 18.5 Å². The van der Waals surface area contributed by atoms with Gasteiger partial charge in [-0.15, -0.1) is 11.3 Å². The molecule has 0 bridgehead atoms. The zero-order valence-corrected chi connectivity index (χ0v) is 82.5. The van der Waals surface area contributed by atoms with Gasteiger partial charge in [-0.05, 0) is 162 Å².